The lowest BCUT2D eigenvalue weighted by atomic mass is 10.0. The van der Waals surface area contributed by atoms with Crippen LogP contribution in [0.15, 0.2) is 34.1 Å². The smallest absolute Gasteiger partial charge is 0.119 e. The molecule has 2 N–H and O–H groups in total. The molecule has 0 aliphatic carbocycles. The van der Waals surface area contributed by atoms with Crippen LogP contribution < -0.4 is 10.5 Å². The number of rotatable bonds is 3. The summed E-state index contributed by atoms with van der Waals surface area (Å²) in [5.41, 5.74) is 8.46. The van der Waals surface area contributed by atoms with Crippen LogP contribution in [0.4, 0.5) is 0 Å². The van der Waals surface area contributed by atoms with Gasteiger partial charge in [-0.05, 0) is 47.7 Å². The monoisotopic (exact) mass is 311 g/mol. The van der Waals surface area contributed by atoms with Gasteiger partial charge in [-0.2, -0.15) is 0 Å². The Bertz CT molecular complexity index is 524. The first kappa shape index (κ1) is 12.6. The van der Waals surface area contributed by atoms with Crippen molar-refractivity contribution in [3.05, 3.63) is 50.1 Å². The fourth-order valence-electron chi connectivity index (χ4n) is 1.69. The molecule has 1 aromatic heterocycles. The van der Waals surface area contributed by atoms with Crippen LogP contribution in [0, 0.1) is 6.92 Å². The Hall–Kier alpha value is -0.840. The van der Waals surface area contributed by atoms with Gasteiger partial charge >= 0.3 is 0 Å². The molecule has 4 heteroatoms. The highest BCUT2D eigenvalue weighted by atomic mass is 79.9. The molecule has 0 spiro atoms. The van der Waals surface area contributed by atoms with Crippen molar-refractivity contribution in [1.29, 1.82) is 0 Å². The molecule has 1 aromatic carbocycles. The molecular formula is C13H14BrNOS. The maximum Gasteiger partial charge on any atom is 0.119 e. The zero-order valence-corrected chi connectivity index (χ0v) is 12.1. The largest absolute Gasteiger partial charge is 0.497 e. The Morgan fingerprint density at radius 3 is 2.71 bits per heavy atom. The molecule has 1 heterocycles. The Labute approximate surface area is 114 Å². The molecule has 0 aliphatic heterocycles. The van der Waals surface area contributed by atoms with Gasteiger partial charge in [-0.3, -0.25) is 0 Å². The van der Waals surface area contributed by atoms with Gasteiger partial charge in [0.05, 0.1) is 13.2 Å². The molecule has 0 saturated heterocycles. The number of ether oxygens (including phenoxy) is 1. The van der Waals surface area contributed by atoms with Crippen LogP contribution in [0.3, 0.4) is 0 Å². The molecule has 1 unspecified atom stereocenters. The van der Waals surface area contributed by atoms with Gasteiger partial charge in [0.15, 0.2) is 0 Å². The maximum atomic E-state index is 6.28. The van der Waals surface area contributed by atoms with Gasteiger partial charge in [0.1, 0.15) is 5.75 Å². The number of thiophene rings is 1. The summed E-state index contributed by atoms with van der Waals surface area (Å²) in [6.45, 7) is 2.08. The van der Waals surface area contributed by atoms with E-state index in [1.807, 2.05) is 18.2 Å². The van der Waals surface area contributed by atoms with Crippen molar-refractivity contribution in [3.63, 3.8) is 0 Å². The molecule has 0 aliphatic rings. The minimum atomic E-state index is -0.121. The SMILES string of the molecule is COc1ccc(Br)c(C(N)c2csc(C)c2)c1. The molecule has 0 radical (unpaired) electrons. The van der Waals surface area contributed by atoms with E-state index in [9.17, 15) is 0 Å². The average molecular weight is 312 g/mol. The molecule has 2 nitrogen and oxygen atoms in total. The van der Waals surface area contributed by atoms with Crippen LogP contribution in [0.5, 0.6) is 5.75 Å². The normalized spacial score (nSPS) is 12.5. The zero-order valence-electron chi connectivity index (χ0n) is 9.74. The second kappa shape index (κ2) is 5.21. The predicted molar refractivity (Wildman–Crippen MR) is 75.8 cm³/mol. The molecule has 0 saturated carbocycles. The number of benzene rings is 1. The van der Waals surface area contributed by atoms with E-state index in [1.165, 1.54) is 4.88 Å². The first-order valence-corrected chi connectivity index (χ1v) is 6.93. The van der Waals surface area contributed by atoms with E-state index in [0.717, 1.165) is 21.3 Å². The molecule has 90 valence electrons. The van der Waals surface area contributed by atoms with Crippen molar-refractivity contribution < 1.29 is 4.74 Å². The van der Waals surface area contributed by atoms with Crippen molar-refractivity contribution in [1.82, 2.24) is 0 Å². The number of hydrogen-bond donors (Lipinski definition) is 1. The predicted octanol–water partition coefficient (Wildman–Crippen LogP) is 3.88. The third-order valence-electron chi connectivity index (χ3n) is 2.65. The number of nitrogens with two attached hydrogens (primary N) is 1. The molecular weight excluding hydrogens is 298 g/mol. The second-order valence-corrected chi connectivity index (χ2v) is 5.83. The minimum absolute atomic E-state index is 0.121. The van der Waals surface area contributed by atoms with Crippen LogP contribution in [-0.2, 0) is 0 Å². The van der Waals surface area contributed by atoms with E-state index in [1.54, 1.807) is 18.4 Å². The third kappa shape index (κ3) is 2.70. The summed E-state index contributed by atoms with van der Waals surface area (Å²) >= 11 is 5.25. The molecule has 0 fully saturated rings. The van der Waals surface area contributed by atoms with Gasteiger partial charge in [0.2, 0.25) is 0 Å². The highest BCUT2D eigenvalue weighted by molar-refractivity contribution is 9.10. The van der Waals surface area contributed by atoms with Crippen LogP contribution >= 0.6 is 27.3 Å². The standard InChI is InChI=1S/C13H14BrNOS/c1-8-5-9(7-17-8)13(15)11-6-10(16-2)3-4-12(11)14/h3-7,13H,15H2,1-2H3. The van der Waals surface area contributed by atoms with Gasteiger partial charge in [-0.15, -0.1) is 11.3 Å². The Morgan fingerprint density at radius 2 is 2.12 bits per heavy atom. The van der Waals surface area contributed by atoms with Crippen molar-refractivity contribution in [2.24, 2.45) is 5.73 Å². The summed E-state index contributed by atoms with van der Waals surface area (Å²) in [5, 5.41) is 2.10. The Kier molecular flexibility index (Phi) is 3.86. The second-order valence-electron chi connectivity index (χ2n) is 3.86. The first-order chi connectivity index (χ1) is 8.11. The summed E-state index contributed by atoms with van der Waals surface area (Å²) in [6, 6.07) is 7.86. The van der Waals surface area contributed by atoms with E-state index < -0.39 is 0 Å². The lowest BCUT2D eigenvalue weighted by Crippen LogP contribution is -2.11. The van der Waals surface area contributed by atoms with Crippen LogP contribution in [-0.4, -0.2) is 7.11 Å². The topological polar surface area (TPSA) is 35.2 Å². The summed E-state index contributed by atoms with van der Waals surface area (Å²) in [5.74, 6) is 0.825. The van der Waals surface area contributed by atoms with Crippen LogP contribution in [0.2, 0.25) is 0 Å². The lowest BCUT2D eigenvalue weighted by Gasteiger charge is -2.14. The number of aryl methyl sites for hydroxylation is 1. The molecule has 1 atom stereocenters. The molecule has 0 bridgehead atoms. The van der Waals surface area contributed by atoms with E-state index in [2.05, 4.69) is 34.3 Å². The van der Waals surface area contributed by atoms with E-state index in [-0.39, 0.29) is 6.04 Å². The zero-order chi connectivity index (χ0) is 12.4. The van der Waals surface area contributed by atoms with Crippen LogP contribution in [0.1, 0.15) is 22.0 Å². The van der Waals surface area contributed by atoms with Crippen LogP contribution in [0.25, 0.3) is 0 Å². The summed E-state index contributed by atoms with van der Waals surface area (Å²) in [7, 11) is 1.66. The number of methoxy groups -OCH3 is 1. The van der Waals surface area contributed by atoms with Gasteiger partial charge in [0, 0.05) is 9.35 Å². The summed E-state index contributed by atoms with van der Waals surface area (Å²) in [4.78, 5) is 1.27. The molecule has 0 amide bonds. The maximum absolute atomic E-state index is 6.28. The highest BCUT2D eigenvalue weighted by Crippen LogP contribution is 2.31. The van der Waals surface area contributed by atoms with Crippen molar-refractivity contribution in [2.75, 3.05) is 7.11 Å². The fraction of sp³-hybridized carbons (Fsp3) is 0.231. The minimum Gasteiger partial charge on any atom is -0.497 e. The molecule has 17 heavy (non-hydrogen) atoms. The third-order valence-corrected chi connectivity index (χ3v) is 4.25. The Morgan fingerprint density at radius 1 is 1.35 bits per heavy atom. The van der Waals surface area contributed by atoms with Gasteiger partial charge in [0.25, 0.3) is 0 Å². The number of halogens is 1. The first-order valence-electron chi connectivity index (χ1n) is 5.26. The quantitative estimate of drug-likeness (QED) is 0.933. The van der Waals surface area contributed by atoms with Gasteiger partial charge in [-0.25, -0.2) is 0 Å². The van der Waals surface area contributed by atoms with Crippen molar-refractivity contribution in [3.8, 4) is 5.75 Å². The number of hydrogen-bond acceptors (Lipinski definition) is 3. The fourth-order valence-corrected chi connectivity index (χ4v) is 2.93. The Balaban J connectivity index is 2.39. The van der Waals surface area contributed by atoms with E-state index >= 15 is 0 Å². The molecule has 2 aromatic rings. The summed E-state index contributed by atoms with van der Waals surface area (Å²) in [6.07, 6.45) is 0. The summed E-state index contributed by atoms with van der Waals surface area (Å²) < 4.78 is 6.24. The molecule has 2 rings (SSSR count). The van der Waals surface area contributed by atoms with Crippen molar-refractivity contribution >= 4 is 27.3 Å². The van der Waals surface area contributed by atoms with Gasteiger partial charge < -0.3 is 10.5 Å². The average Bonchev–Trinajstić information content (AvgIpc) is 2.76. The lowest BCUT2D eigenvalue weighted by molar-refractivity contribution is 0.414. The van der Waals surface area contributed by atoms with Crippen molar-refractivity contribution in [2.45, 2.75) is 13.0 Å². The van der Waals surface area contributed by atoms with Gasteiger partial charge in [-0.1, -0.05) is 15.9 Å². The van der Waals surface area contributed by atoms with E-state index in [0.29, 0.717) is 0 Å². The highest BCUT2D eigenvalue weighted by Gasteiger charge is 2.14. The van der Waals surface area contributed by atoms with E-state index in [4.69, 9.17) is 10.5 Å².